The zero-order valence-corrected chi connectivity index (χ0v) is 16.5. The molecule has 9 heteroatoms. The topological polar surface area (TPSA) is 86.7 Å². The first-order chi connectivity index (χ1) is 12.1. The van der Waals surface area contributed by atoms with Crippen molar-refractivity contribution in [3.8, 4) is 0 Å². The minimum atomic E-state index is -0.389. The Morgan fingerprint density at radius 1 is 1.38 bits per heavy atom. The predicted octanol–water partition coefficient (Wildman–Crippen LogP) is 0.699. The Morgan fingerprint density at radius 2 is 2.08 bits per heavy atom. The van der Waals surface area contributed by atoms with Crippen LogP contribution in [-0.4, -0.2) is 63.3 Å². The highest BCUT2D eigenvalue weighted by molar-refractivity contribution is 6.60. The molecule has 138 valence electrons. The number of pyridine rings is 1. The minimum absolute atomic E-state index is 0.120. The van der Waals surface area contributed by atoms with Crippen molar-refractivity contribution in [2.24, 2.45) is 10.4 Å². The third-order valence-corrected chi connectivity index (χ3v) is 4.75. The van der Waals surface area contributed by atoms with Gasteiger partial charge in [0.2, 0.25) is 21.7 Å². The van der Waals surface area contributed by atoms with E-state index in [1.807, 2.05) is 13.1 Å². The number of aliphatic imine (C=N–C) groups is 1. The van der Waals surface area contributed by atoms with E-state index in [0.29, 0.717) is 5.92 Å². The van der Waals surface area contributed by atoms with Crippen LogP contribution in [0.2, 0.25) is 0 Å². The number of aryl methyl sites for hydroxylation is 1. The van der Waals surface area contributed by atoms with Gasteiger partial charge in [0.25, 0.3) is 0 Å². The summed E-state index contributed by atoms with van der Waals surface area (Å²) in [5, 5.41) is 5.60. The van der Waals surface area contributed by atoms with Crippen LogP contribution in [0.3, 0.4) is 0 Å². The highest BCUT2D eigenvalue weighted by Crippen LogP contribution is 2.42. The molecule has 1 aliphatic rings. The maximum Gasteiger partial charge on any atom is 0.218 e. The first-order valence-corrected chi connectivity index (χ1v) is 8.87. The summed E-state index contributed by atoms with van der Waals surface area (Å²) in [5.41, 5.74) is 2.81. The Kier molecular flexibility index (Phi) is 6.23. The molecule has 0 aromatic carbocycles. The van der Waals surface area contributed by atoms with Crippen molar-refractivity contribution < 1.29 is 9.59 Å². The Bertz CT molecular complexity index is 736. The Hall–Kier alpha value is -2.15. The molecule has 2 rings (SSSR count). The van der Waals surface area contributed by atoms with E-state index >= 15 is 0 Å². The fraction of sp³-hybridized carbons (Fsp3) is 0.529. The average Bonchev–Trinajstić information content (AvgIpc) is 2.47. The van der Waals surface area contributed by atoms with Gasteiger partial charge in [0.15, 0.2) is 11.6 Å². The number of nitrogens with one attached hydrogen (secondary N) is 2. The van der Waals surface area contributed by atoms with E-state index < -0.39 is 0 Å². The first kappa shape index (κ1) is 20.2. The highest BCUT2D eigenvalue weighted by Gasteiger charge is 2.35. The molecule has 0 bridgehead atoms. The van der Waals surface area contributed by atoms with Crippen molar-refractivity contribution in [2.75, 3.05) is 25.5 Å². The van der Waals surface area contributed by atoms with E-state index in [2.05, 4.69) is 52.5 Å². The van der Waals surface area contributed by atoms with Crippen LogP contribution in [0, 0.1) is 12.3 Å². The van der Waals surface area contributed by atoms with Crippen LogP contribution in [0.1, 0.15) is 37.4 Å². The summed E-state index contributed by atoms with van der Waals surface area (Å²) < 4.78 is 0. The molecule has 26 heavy (non-hydrogen) atoms. The maximum atomic E-state index is 11.4. The van der Waals surface area contributed by atoms with Crippen LogP contribution in [0.15, 0.2) is 17.3 Å². The molecule has 1 aromatic heterocycles. The number of likely N-dealkylation sites (tertiary alicyclic amines) is 1. The summed E-state index contributed by atoms with van der Waals surface area (Å²) in [4.78, 5) is 33.4. The predicted molar refractivity (Wildman–Crippen MR) is 110 cm³/mol. The number of piperidine rings is 1. The Balaban J connectivity index is 2.32. The molecule has 1 fully saturated rings. The third-order valence-electron chi connectivity index (χ3n) is 4.75. The van der Waals surface area contributed by atoms with Gasteiger partial charge in [-0.2, -0.15) is 4.99 Å². The zero-order valence-electron chi connectivity index (χ0n) is 16.5. The quantitative estimate of drug-likeness (QED) is 0.463. The smallest absolute Gasteiger partial charge is 0.218 e. The molecule has 1 unspecified atom stereocenters. The summed E-state index contributed by atoms with van der Waals surface area (Å²) in [6, 6.07) is 2.05. The average molecular weight is 355 g/mol. The van der Waals surface area contributed by atoms with Crippen molar-refractivity contribution >= 4 is 39.0 Å². The standard InChI is InChI=1S/C17H27B2N5O2/c1-10-13(21-16(22-14(18)25)23-15(19)26)7-11(8-20-10)12-5-6-24(4)9-17(12,2)3/h7-8,12H,5-6,9,18-19H2,1-4H3,(H2,21,22,23,25,26). The van der Waals surface area contributed by atoms with Crippen LogP contribution in [0.25, 0.3) is 0 Å². The van der Waals surface area contributed by atoms with Gasteiger partial charge in [-0.25, -0.2) is 0 Å². The molecule has 0 saturated carbocycles. The number of carbonyl (C=O) groups excluding carboxylic acids is 2. The third kappa shape index (κ3) is 5.17. The number of hydrogen-bond donors (Lipinski definition) is 2. The van der Waals surface area contributed by atoms with E-state index in [9.17, 15) is 9.59 Å². The van der Waals surface area contributed by atoms with Crippen LogP contribution < -0.4 is 10.6 Å². The highest BCUT2D eigenvalue weighted by atomic mass is 16.1. The second-order valence-electron chi connectivity index (χ2n) is 7.75. The van der Waals surface area contributed by atoms with E-state index in [1.165, 1.54) is 15.7 Å². The molecule has 1 atom stereocenters. The number of anilines is 1. The van der Waals surface area contributed by atoms with Crippen molar-refractivity contribution in [1.82, 2.24) is 15.2 Å². The van der Waals surface area contributed by atoms with Gasteiger partial charge >= 0.3 is 0 Å². The number of carbonyl (C=O) groups is 2. The molecule has 1 aromatic rings. The first-order valence-electron chi connectivity index (χ1n) is 8.87. The van der Waals surface area contributed by atoms with E-state index in [4.69, 9.17) is 0 Å². The molecule has 2 amide bonds. The zero-order chi connectivity index (χ0) is 19.5. The molecule has 0 spiro atoms. The summed E-state index contributed by atoms with van der Waals surface area (Å²) in [7, 11) is 4.86. The SMILES string of the molecule is BC(=O)/N=C(\NC(B)=O)Nc1cc(C2CCN(C)CC2(C)C)cnc1C. The van der Waals surface area contributed by atoms with E-state index in [1.54, 1.807) is 0 Å². The molecule has 0 radical (unpaired) electrons. The van der Waals surface area contributed by atoms with Crippen LogP contribution in [0.5, 0.6) is 0 Å². The fourth-order valence-electron chi connectivity index (χ4n) is 3.65. The number of hydrogen-bond acceptors (Lipinski definition) is 4. The monoisotopic (exact) mass is 355 g/mol. The van der Waals surface area contributed by atoms with Crippen LogP contribution >= 0.6 is 0 Å². The lowest BCUT2D eigenvalue weighted by atomic mass is 9.71. The number of rotatable bonds is 2. The van der Waals surface area contributed by atoms with E-state index in [-0.39, 0.29) is 23.0 Å². The summed E-state index contributed by atoms with van der Waals surface area (Å²) >= 11 is 0. The van der Waals surface area contributed by atoms with Gasteiger partial charge in [-0.05, 0) is 49.9 Å². The lowest BCUT2D eigenvalue weighted by Gasteiger charge is -2.43. The molecular formula is C17H27B2N5O2. The van der Waals surface area contributed by atoms with Crippen molar-refractivity contribution in [3.05, 3.63) is 23.5 Å². The van der Waals surface area contributed by atoms with Gasteiger partial charge in [-0.1, -0.05) is 13.8 Å². The molecule has 1 aliphatic heterocycles. The van der Waals surface area contributed by atoms with E-state index in [0.717, 1.165) is 36.5 Å². The van der Waals surface area contributed by atoms with Gasteiger partial charge < -0.3 is 15.5 Å². The molecule has 7 nitrogen and oxygen atoms in total. The number of amides is 2. The van der Waals surface area contributed by atoms with Gasteiger partial charge in [0, 0.05) is 12.7 Å². The Morgan fingerprint density at radius 3 is 2.65 bits per heavy atom. The molecule has 2 N–H and O–H groups in total. The Labute approximate surface area is 156 Å². The van der Waals surface area contributed by atoms with Crippen LogP contribution in [0.4, 0.5) is 15.3 Å². The number of aromatic nitrogens is 1. The maximum absolute atomic E-state index is 11.4. The lowest BCUT2D eigenvalue weighted by Crippen LogP contribution is -2.42. The largest absolute Gasteiger partial charge is 0.324 e. The molecular weight excluding hydrogens is 328 g/mol. The van der Waals surface area contributed by atoms with Crippen molar-refractivity contribution in [3.63, 3.8) is 0 Å². The van der Waals surface area contributed by atoms with Gasteiger partial charge in [0.1, 0.15) is 0 Å². The second-order valence-corrected chi connectivity index (χ2v) is 7.75. The summed E-state index contributed by atoms with van der Waals surface area (Å²) in [6.07, 6.45) is 2.99. The van der Waals surface area contributed by atoms with Crippen LogP contribution in [-0.2, 0) is 0 Å². The fourth-order valence-corrected chi connectivity index (χ4v) is 3.65. The minimum Gasteiger partial charge on any atom is -0.324 e. The molecule has 2 heterocycles. The number of nitrogens with zero attached hydrogens (tertiary/aromatic N) is 3. The van der Waals surface area contributed by atoms with Gasteiger partial charge in [0.05, 0.1) is 11.4 Å². The lowest BCUT2D eigenvalue weighted by molar-refractivity contribution is 0.114. The second kappa shape index (κ2) is 8.03. The summed E-state index contributed by atoms with van der Waals surface area (Å²) in [6.45, 7) is 8.51. The van der Waals surface area contributed by atoms with Crippen molar-refractivity contribution in [1.29, 1.82) is 0 Å². The van der Waals surface area contributed by atoms with Crippen molar-refractivity contribution in [2.45, 2.75) is 33.1 Å². The number of guanidine groups is 1. The summed E-state index contributed by atoms with van der Waals surface area (Å²) in [5.74, 6) is -0.175. The molecule has 1 saturated heterocycles. The molecule has 0 aliphatic carbocycles. The van der Waals surface area contributed by atoms with Gasteiger partial charge in [-0.3, -0.25) is 14.6 Å². The van der Waals surface area contributed by atoms with Gasteiger partial charge in [-0.15, -0.1) is 0 Å². The normalized spacial score (nSPS) is 20.5.